The number of benzene rings is 3. The van der Waals surface area contributed by atoms with Crippen LogP contribution in [-0.4, -0.2) is 14.3 Å². The van der Waals surface area contributed by atoms with Crippen LogP contribution in [0.4, 0.5) is 14.5 Å². The molecule has 0 aliphatic heterocycles. The van der Waals surface area contributed by atoms with Crippen LogP contribution in [-0.2, 0) is 10.0 Å². The highest BCUT2D eigenvalue weighted by Gasteiger charge is 2.16. The first kappa shape index (κ1) is 22.4. The maximum absolute atomic E-state index is 13.4. The van der Waals surface area contributed by atoms with Crippen LogP contribution >= 0.6 is 0 Å². The van der Waals surface area contributed by atoms with Crippen LogP contribution in [0.25, 0.3) is 0 Å². The van der Waals surface area contributed by atoms with E-state index >= 15 is 0 Å². The van der Waals surface area contributed by atoms with E-state index in [0.717, 1.165) is 23.3 Å². The van der Waals surface area contributed by atoms with Crippen molar-refractivity contribution in [1.82, 2.24) is 5.32 Å². The van der Waals surface area contributed by atoms with Crippen molar-refractivity contribution in [3.63, 3.8) is 0 Å². The molecule has 0 aromatic heterocycles. The SMILES string of the molecule is Cc1ccc(S(=O)(=O)Nc2ccc(C(=O)NC(C)c3ccc(F)c(F)c3)cc2)cc1C. The Bertz CT molecular complexity index is 1230. The van der Waals surface area contributed by atoms with Crippen molar-refractivity contribution in [2.75, 3.05) is 4.72 Å². The Kier molecular flexibility index (Phi) is 6.40. The van der Waals surface area contributed by atoms with E-state index < -0.39 is 33.6 Å². The van der Waals surface area contributed by atoms with Crippen LogP contribution in [0.15, 0.2) is 65.6 Å². The molecule has 3 rings (SSSR count). The van der Waals surface area contributed by atoms with Gasteiger partial charge in [0.25, 0.3) is 15.9 Å². The summed E-state index contributed by atoms with van der Waals surface area (Å²) >= 11 is 0. The summed E-state index contributed by atoms with van der Waals surface area (Å²) in [5, 5.41) is 2.70. The van der Waals surface area contributed by atoms with Gasteiger partial charge < -0.3 is 5.32 Å². The molecule has 1 unspecified atom stereocenters. The molecule has 0 radical (unpaired) electrons. The Hall–Kier alpha value is -3.26. The lowest BCUT2D eigenvalue weighted by Crippen LogP contribution is -2.26. The fourth-order valence-corrected chi connectivity index (χ4v) is 4.07. The van der Waals surface area contributed by atoms with Crippen molar-refractivity contribution in [1.29, 1.82) is 0 Å². The number of carbonyl (C=O) groups excluding carboxylic acids is 1. The zero-order valence-electron chi connectivity index (χ0n) is 17.2. The molecule has 5 nitrogen and oxygen atoms in total. The highest BCUT2D eigenvalue weighted by atomic mass is 32.2. The minimum atomic E-state index is -3.77. The predicted molar refractivity (Wildman–Crippen MR) is 115 cm³/mol. The van der Waals surface area contributed by atoms with Crippen molar-refractivity contribution in [2.45, 2.75) is 31.7 Å². The second-order valence-corrected chi connectivity index (χ2v) is 8.98. The average Bonchev–Trinajstić information content (AvgIpc) is 2.72. The Morgan fingerprint density at radius 2 is 1.55 bits per heavy atom. The fraction of sp³-hybridized carbons (Fsp3) is 0.174. The fourth-order valence-electron chi connectivity index (χ4n) is 2.93. The summed E-state index contributed by atoms with van der Waals surface area (Å²) in [4.78, 5) is 12.6. The van der Waals surface area contributed by atoms with Gasteiger partial charge in [-0.25, -0.2) is 17.2 Å². The number of rotatable bonds is 6. The Morgan fingerprint density at radius 1 is 0.871 bits per heavy atom. The number of hydrogen-bond acceptors (Lipinski definition) is 3. The molecule has 0 aliphatic carbocycles. The first-order chi connectivity index (χ1) is 14.6. The van der Waals surface area contributed by atoms with Crippen molar-refractivity contribution in [2.24, 2.45) is 0 Å². The van der Waals surface area contributed by atoms with Crippen LogP contribution in [0, 0.1) is 25.5 Å². The third kappa shape index (κ3) is 5.27. The molecule has 8 heteroatoms. The molecule has 0 fully saturated rings. The van der Waals surface area contributed by atoms with Crippen LogP contribution in [0.1, 0.15) is 40.0 Å². The standard InChI is InChI=1S/C23H22F2N2O3S/c1-14-4-10-20(12-15(14)2)31(29,30)27-19-8-5-17(6-9-19)23(28)26-16(3)18-7-11-21(24)22(25)13-18/h4-13,16,27H,1-3H3,(H,26,28). The van der Waals surface area contributed by atoms with Gasteiger partial charge in [-0.05, 0) is 86.0 Å². The Morgan fingerprint density at radius 3 is 2.16 bits per heavy atom. The van der Waals surface area contributed by atoms with E-state index in [1.165, 1.54) is 36.4 Å². The second-order valence-electron chi connectivity index (χ2n) is 7.30. The van der Waals surface area contributed by atoms with Crippen molar-refractivity contribution < 1.29 is 22.0 Å². The van der Waals surface area contributed by atoms with Gasteiger partial charge in [0.1, 0.15) is 0 Å². The normalized spacial score (nSPS) is 12.3. The minimum Gasteiger partial charge on any atom is -0.346 e. The average molecular weight is 445 g/mol. The molecule has 0 saturated heterocycles. The summed E-state index contributed by atoms with van der Waals surface area (Å²) in [7, 11) is -3.77. The molecule has 3 aromatic rings. The van der Waals surface area contributed by atoms with Gasteiger partial charge in [0.2, 0.25) is 0 Å². The van der Waals surface area contributed by atoms with E-state index in [-0.39, 0.29) is 4.90 Å². The zero-order valence-corrected chi connectivity index (χ0v) is 18.1. The van der Waals surface area contributed by atoms with E-state index in [4.69, 9.17) is 0 Å². The highest BCUT2D eigenvalue weighted by Crippen LogP contribution is 2.20. The molecule has 162 valence electrons. The van der Waals surface area contributed by atoms with Gasteiger partial charge in [0.15, 0.2) is 11.6 Å². The van der Waals surface area contributed by atoms with E-state index in [2.05, 4.69) is 10.0 Å². The summed E-state index contributed by atoms with van der Waals surface area (Å²) in [5.41, 5.74) is 2.88. The number of carbonyl (C=O) groups is 1. The lowest BCUT2D eigenvalue weighted by atomic mass is 10.1. The lowest BCUT2D eigenvalue weighted by Gasteiger charge is -2.15. The topological polar surface area (TPSA) is 75.3 Å². The Labute approximate surface area is 180 Å². The number of halogens is 2. The molecule has 3 aromatic carbocycles. The van der Waals surface area contributed by atoms with Crippen LogP contribution in [0.2, 0.25) is 0 Å². The largest absolute Gasteiger partial charge is 0.346 e. The van der Waals surface area contributed by atoms with Crippen LogP contribution in [0.3, 0.4) is 0 Å². The summed E-state index contributed by atoms with van der Waals surface area (Å²) in [5.74, 6) is -2.37. The van der Waals surface area contributed by atoms with Crippen molar-refractivity contribution in [3.8, 4) is 0 Å². The second kappa shape index (κ2) is 8.85. The third-order valence-electron chi connectivity index (χ3n) is 4.98. The first-order valence-electron chi connectivity index (χ1n) is 9.53. The third-order valence-corrected chi connectivity index (χ3v) is 6.36. The molecular weight excluding hydrogens is 422 g/mol. The van der Waals surface area contributed by atoms with Gasteiger partial charge in [-0.15, -0.1) is 0 Å². The van der Waals surface area contributed by atoms with E-state index in [0.29, 0.717) is 16.8 Å². The first-order valence-corrected chi connectivity index (χ1v) is 11.0. The number of hydrogen-bond donors (Lipinski definition) is 2. The minimum absolute atomic E-state index is 0.151. The number of sulfonamides is 1. The number of nitrogens with one attached hydrogen (secondary N) is 2. The number of aryl methyl sites for hydroxylation is 2. The number of anilines is 1. The smallest absolute Gasteiger partial charge is 0.261 e. The quantitative estimate of drug-likeness (QED) is 0.569. The zero-order chi connectivity index (χ0) is 22.8. The van der Waals surface area contributed by atoms with E-state index in [1.54, 1.807) is 19.1 Å². The molecule has 0 aliphatic rings. The maximum Gasteiger partial charge on any atom is 0.261 e. The summed E-state index contributed by atoms with van der Waals surface area (Å²) in [6.45, 7) is 5.39. The molecule has 2 N–H and O–H groups in total. The molecular formula is C23H22F2N2O3S. The predicted octanol–water partition coefficient (Wildman–Crippen LogP) is 4.87. The van der Waals surface area contributed by atoms with E-state index in [9.17, 15) is 22.0 Å². The molecule has 1 atom stereocenters. The van der Waals surface area contributed by atoms with Crippen molar-refractivity contribution >= 4 is 21.6 Å². The molecule has 0 bridgehead atoms. The molecule has 0 spiro atoms. The highest BCUT2D eigenvalue weighted by molar-refractivity contribution is 7.92. The van der Waals surface area contributed by atoms with Crippen molar-refractivity contribution in [3.05, 3.63) is 94.6 Å². The molecule has 0 saturated carbocycles. The van der Waals surface area contributed by atoms with Crippen LogP contribution < -0.4 is 10.0 Å². The van der Waals surface area contributed by atoms with Gasteiger partial charge in [-0.3, -0.25) is 9.52 Å². The Balaban J connectivity index is 1.69. The van der Waals surface area contributed by atoms with Crippen LogP contribution in [0.5, 0.6) is 0 Å². The summed E-state index contributed by atoms with van der Waals surface area (Å²) in [6, 6.07) is 13.7. The van der Waals surface area contributed by atoms with E-state index in [1.807, 2.05) is 13.8 Å². The molecule has 1 amide bonds. The molecule has 0 heterocycles. The monoisotopic (exact) mass is 444 g/mol. The summed E-state index contributed by atoms with van der Waals surface area (Å²) < 4.78 is 54.1. The molecule has 31 heavy (non-hydrogen) atoms. The van der Waals surface area contributed by atoms with Gasteiger partial charge in [-0.1, -0.05) is 12.1 Å². The maximum atomic E-state index is 13.4. The summed E-state index contributed by atoms with van der Waals surface area (Å²) in [6.07, 6.45) is 0. The van der Waals surface area contributed by atoms with Gasteiger partial charge >= 0.3 is 0 Å². The van der Waals surface area contributed by atoms with Gasteiger partial charge in [0.05, 0.1) is 10.9 Å². The lowest BCUT2D eigenvalue weighted by molar-refractivity contribution is 0.0940. The van der Waals surface area contributed by atoms with Gasteiger partial charge in [-0.2, -0.15) is 0 Å². The number of amides is 1. The van der Waals surface area contributed by atoms with Gasteiger partial charge in [0, 0.05) is 11.3 Å².